The van der Waals surface area contributed by atoms with Crippen LogP contribution in [0.1, 0.15) is 10.4 Å². The zero-order valence-corrected chi connectivity index (χ0v) is 15.4. The van der Waals surface area contributed by atoms with E-state index in [1.54, 1.807) is 29.2 Å². The number of aromatic nitrogens is 3. The van der Waals surface area contributed by atoms with E-state index in [2.05, 4.69) is 10.1 Å². The second-order valence-electron chi connectivity index (χ2n) is 6.63. The van der Waals surface area contributed by atoms with E-state index in [1.165, 1.54) is 41.9 Å². The van der Waals surface area contributed by atoms with Crippen LogP contribution >= 0.6 is 11.3 Å². The first-order valence-corrected chi connectivity index (χ1v) is 9.44. The summed E-state index contributed by atoms with van der Waals surface area (Å²) < 4.78 is 35.4. The molecule has 1 aliphatic heterocycles. The molecule has 0 amide bonds. The zero-order chi connectivity index (χ0) is 19.1. The Balaban J connectivity index is 1.59. The molecule has 8 heteroatoms. The molecule has 1 atom stereocenters. The minimum absolute atomic E-state index is 0.276. The van der Waals surface area contributed by atoms with Gasteiger partial charge in [-0.15, -0.1) is 11.3 Å². The summed E-state index contributed by atoms with van der Waals surface area (Å²) in [7, 11) is 0. The van der Waals surface area contributed by atoms with Crippen molar-refractivity contribution in [3.8, 4) is 0 Å². The van der Waals surface area contributed by atoms with Gasteiger partial charge in [0, 0.05) is 4.70 Å². The molecule has 0 spiro atoms. The van der Waals surface area contributed by atoms with Crippen LogP contribution < -0.4 is 0 Å². The van der Waals surface area contributed by atoms with Crippen molar-refractivity contribution in [3.63, 3.8) is 0 Å². The fraction of sp³-hybridized carbons (Fsp3) is 0.150. The van der Waals surface area contributed by atoms with Crippen LogP contribution in [0.3, 0.4) is 0 Å². The van der Waals surface area contributed by atoms with E-state index in [9.17, 15) is 8.78 Å². The average Bonchev–Trinajstić information content (AvgIpc) is 3.42. The first-order chi connectivity index (χ1) is 13.6. The van der Waals surface area contributed by atoms with Gasteiger partial charge in [-0.05, 0) is 41.3 Å². The van der Waals surface area contributed by atoms with Crippen LogP contribution in [0.15, 0.2) is 66.2 Å². The van der Waals surface area contributed by atoms with Crippen molar-refractivity contribution in [2.75, 3.05) is 6.61 Å². The Morgan fingerprint density at radius 2 is 1.89 bits per heavy atom. The summed E-state index contributed by atoms with van der Waals surface area (Å²) in [4.78, 5) is 9.69. The number of rotatable bonds is 4. The number of hydrogen-bond donors (Lipinski definition) is 0. The van der Waals surface area contributed by atoms with Crippen molar-refractivity contribution in [1.82, 2.24) is 14.8 Å². The number of ether oxygens (including phenoxy) is 1. The third kappa shape index (κ3) is 2.95. The topological polar surface area (TPSA) is 52.3 Å². The average molecular weight is 396 g/mol. The van der Waals surface area contributed by atoms with Gasteiger partial charge < -0.3 is 4.74 Å². The van der Waals surface area contributed by atoms with Gasteiger partial charge in [0.15, 0.2) is 0 Å². The van der Waals surface area contributed by atoms with E-state index < -0.39 is 5.54 Å². The molecule has 5 nitrogen and oxygen atoms in total. The minimum Gasteiger partial charge on any atom is -0.474 e. The molecular weight excluding hydrogens is 382 g/mol. The quantitative estimate of drug-likeness (QED) is 0.521. The van der Waals surface area contributed by atoms with E-state index in [-0.39, 0.29) is 18.2 Å². The van der Waals surface area contributed by atoms with E-state index in [1.807, 2.05) is 6.07 Å². The molecule has 140 valence electrons. The van der Waals surface area contributed by atoms with E-state index in [0.29, 0.717) is 12.4 Å². The summed E-state index contributed by atoms with van der Waals surface area (Å²) in [6.45, 7) is 0.693. The highest BCUT2D eigenvalue weighted by atomic mass is 32.1. The molecule has 1 unspecified atom stereocenters. The number of hydrogen-bond acceptors (Lipinski definition) is 5. The SMILES string of the molecule is Fc1ccc(C2(Cn3cncn3)COC(c3cc4ccc(F)cc4s3)=N2)cc1. The predicted molar refractivity (Wildman–Crippen MR) is 102 cm³/mol. The Morgan fingerprint density at radius 3 is 2.68 bits per heavy atom. The second-order valence-corrected chi connectivity index (χ2v) is 7.71. The van der Waals surface area contributed by atoms with Crippen molar-refractivity contribution < 1.29 is 13.5 Å². The normalized spacial score (nSPS) is 19.0. The second kappa shape index (κ2) is 6.49. The van der Waals surface area contributed by atoms with Crippen molar-refractivity contribution in [2.24, 2.45) is 4.99 Å². The van der Waals surface area contributed by atoms with Gasteiger partial charge in [0.05, 0.1) is 11.4 Å². The summed E-state index contributed by atoms with van der Waals surface area (Å²) >= 11 is 1.42. The molecule has 0 saturated heterocycles. The molecule has 0 bridgehead atoms. The van der Waals surface area contributed by atoms with Crippen molar-refractivity contribution in [1.29, 1.82) is 0 Å². The lowest BCUT2D eigenvalue weighted by Crippen LogP contribution is -2.31. The number of benzene rings is 2. The largest absolute Gasteiger partial charge is 0.474 e. The smallest absolute Gasteiger partial charge is 0.227 e. The van der Waals surface area contributed by atoms with Crippen molar-refractivity contribution >= 4 is 27.3 Å². The lowest BCUT2D eigenvalue weighted by Gasteiger charge is -2.24. The standard InChI is InChI=1S/C20H14F2N4OS/c21-15-5-2-14(3-6-15)20(9-26-12-23-11-24-26)10-27-19(25-20)18-7-13-1-4-16(22)8-17(13)28-18/h1-8,11-12H,9-10H2. The van der Waals surface area contributed by atoms with E-state index in [4.69, 9.17) is 9.73 Å². The number of fused-ring (bicyclic) bond motifs is 1. The van der Waals surface area contributed by atoms with Crippen LogP contribution in [0.5, 0.6) is 0 Å². The molecule has 2 aromatic heterocycles. The summed E-state index contributed by atoms with van der Waals surface area (Å²) in [6, 6.07) is 12.9. The van der Waals surface area contributed by atoms with Gasteiger partial charge in [0.1, 0.15) is 36.4 Å². The Labute approximate surface area is 162 Å². The van der Waals surface area contributed by atoms with E-state index in [0.717, 1.165) is 20.5 Å². The summed E-state index contributed by atoms with van der Waals surface area (Å²) in [6.07, 6.45) is 3.07. The van der Waals surface area contributed by atoms with Crippen LogP contribution in [-0.2, 0) is 16.8 Å². The van der Waals surface area contributed by atoms with Gasteiger partial charge in [-0.2, -0.15) is 5.10 Å². The number of nitrogens with zero attached hydrogens (tertiary/aromatic N) is 4. The first-order valence-electron chi connectivity index (χ1n) is 8.62. The Morgan fingerprint density at radius 1 is 1.07 bits per heavy atom. The molecule has 0 N–H and O–H groups in total. The molecule has 0 aliphatic carbocycles. The summed E-state index contributed by atoms with van der Waals surface area (Å²) in [5.41, 5.74) is 0.0737. The maximum Gasteiger partial charge on any atom is 0.227 e. The van der Waals surface area contributed by atoms with E-state index >= 15 is 0 Å². The van der Waals surface area contributed by atoms with Crippen LogP contribution in [0.2, 0.25) is 0 Å². The highest BCUT2D eigenvalue weighted by molar-refractivity contribution is 7.20. The highest BCUT2D eigenvalue weighted by Crippen LogP contribution is 2.36. The van der Waals surface area contributed by atoms with Crippen LogP contribution in [-0.4, -0.2) is 27.3 Å². The fourth-order valence-corrected chi connectivity index (χ4v) is 4.38. The monoisotopic (exact) mass is 396 g/mol. The third-order valence-corrected chi connectivity index (χ3v) is 5.81. The summed E-state index contributed by atoms with van der Waals surface area (Å²) in [5, 5.41) is 5.11. The molecule has 0 radical (unpaired) electrons. The highest BCUT2D eigenvalue weighted by Gasteiger charge is 2.40. The molecule has 5 rings (SSSR count). The van der Waals surface area contributed by atoms with Gasteiger partial charge in [-0.1, -0.05) is 18.2 Å². The minimum atomic E-state index is -0.752. The molecule has 2 aromatic carbocycles. The number of aliphatic imine (C=N–C) groups is 1. The number of halogens is 2. The van der Waals surface area contributed by atoms with Gasteiger partial charge in [0.2, 0.25) is 5.90 Å². The van der Waals surface area contributed by atoms with Crippen LogP contribution in [0, 0.1) is 11.6 Å². The maximum absolute atomic E-state index is 13.5. The van der Waals surface area contributed by atoms with Gasteiger partial charge >= 0.3 is 0 Å². The Hall–Kier alpha value is -3.13. The molecule has 4 aromatic rings. The van der Waals surface area contributed by atoms with Crippen LogP contribution in [0.4, 0.5) is 8.78 Å². The fourth-order valence-electron chi connectivity index (χ4n) is 3.35. The van der Waals surface area contributed by atoms with Crippen molar-refractivity contribution in [3.05, 3.63) is 83.3 Å². The molecular formula is C20H14F2N4OS. The molecule has 3 heterocycles. The first kappa shape index (κ1) is 17.0. The molecule has 1 aliphatic rings. The van der Waals surface area contributed by atoms with Crippen molar-refractivity contribution in [2.45, 2.75) is 12.1 Å². The van der Waals surface area contributed by atoms with Crippen LogP contribution in [0.25, 0.3) is 10.1 Å². The third-order valence-electron chi connectivity index (χ3n) is 4.73. The summed E-state index contributed by atoms with van der Waals surface area (Å²) in [5.74, 6) is -0.0950. The predicted octanol–water partition coefficient (Wildman–Crippen LogP) is 4.14. The lowest BCUT2D eigenvalue weighted by atomic mass is 9.91. The maximum atomic E-state index is 13.5. The molecule has 0 saturated carbocycles. The molecule has 0 fully saturated rings. The van der Waals surface area contributed by atoms with Gasteiger partial charge in [-0.25, -0.2) is 18.8 Å². The van der Waals surface area contributed by atoms with Gasteiger partial charge in [-0.3, -0.25) is 4.68 Å². The Kier molecular flexibility index (Phi) is 3.94. The number of thiophene rings is 1. The lowest BCUT2D eigenvalue weighted by molar-refractivity contribution is 0.230. The Bertz CT molecular complexity index is 1170. The van der Waals surface area contributed by atoms with Gasteiger partial charge in [0.25, 0.3) is 0 Å². The molecule has 28 heavy (non-hydrogen) atoms. The zero-order valence-electron chi connectivity index (χ0n) is 14.5.